The highest BCUT2D eigenvalue weighted by atomic mass is 16.5. The van der Waals surface area contributed by atoms with Crippen LogP contribution in [0.4, 0.5) is 5.95 Å². The van der Waals surface area contributed by atoms with Gasteiger partial charge in [-0.15, -0.1) is 0 Å². The van der Waals surface area contributed by atoms with Gasteiger partial charge in [0.15, 0.2) is 0 Å². The summed E-state index contributed by atoms with van der Waals surface area (Å²) in [7, 11) is 1.65. The third-order valence-corrected chi connectivity index (χ3v) is 2.82. The van der Waals surface area contributed by atoms with E-state index >= 15 is 0 Å². The molecule has 1 aromatic carbocycles. The smallest absolute Gasteiger partial charge is 0.224 e. The number of methoxy groups -OCH3 is 1. The van der Waals surface area contributed by atoms with Crippen LogP contribution in [-0.2, 0) is 6.42 Å². The molecule has 0 spiro atoms. The van der Waals surface area contributed by atoms with Gasteiger partial charge in [0.05, 0.1) is 7.11 Å². The van der Waals surface area contributed by atoms with Crippen molar-refractivity contribution in [3.8, 4) is 11.8 Å². The van der Waals surface area contributed by atoms with Crippen molar-refractivity contribution in [3.05, 3.63) is 47.3 Å². The highest BCUT2D eigenvalue weighted by Gasteiger charge is 2.01. The predicted octanol–water partition coefficient (Wildman–Crippen LogP) is 2.32. The van der Waals surface area contributed by atoms with Gasteiger partial charge in [0.2, 0.25) is 5.95 Å². The first kappa shape index (κ1) is 13.8. The first-order valence-corrected chi connectivity index (χ1v) is 6.34. The molecule has 1 aromatic heterocycles. The second kappa shape index (κ2) is 6.53. The fourth-order valence-corrected chi connectivity index (χ4v) is 1.82. The van der Waals surface area contributed by atoms with Crippen LogP contribution in [0, 0.1) is 18.3 Å². The molecule has 0 bridgehead atoms. The van der Waals surface area contributed by atoms with Crippen molar-refractivity contribution in [2.24, 2.45) is 0 Å². The predicted molar refractivity (Wildman–Crippen MR) is 76.7 cm³/mol. The molecule has 0 amide bonds. The van der Waals surface area contributed by atoms with Crippen LogP contribution in [0.1, 0.15) is 17.0 Å². The Kier molecular flexibility index (Phi) is 4.51. The van der Waals surface area contributed by atoms with Crippen LogP contribution in [0.3, 0.4) is 0 Å². The monoisotopic (exact) mass is 268 g/mol. The van der Waals surface area contributed by atoms with E-state index in [2.05, 4.69) is 15.3 Å². The molecule has 5 nitrogen and oxygen atoms in total. The molecule has 20 heavy (non-hydrogen) atoms. The second-order valence-corrected chi connectivity index (χ2v) is 4.35. The zero-order chi connectivity index (χ0) is 14.4. The number of hydrogen-bond donors (Lipinski definition) is 1. The minimum Gasteiger partial charge on any atom is -0.497 e. The average Bonchev–Trinajstić information content (AvgIpc) is 2.47. The number of nitrogens with zero attached hydrogens (tertiary/aromatic N) is 3. The first-order chi connectivity index (χ1) is 9.71. The van der Waals surface area contributed by atoms with E-state index in [-0.39, 0.29) is 0 Å². The molecule has 0 radical (unpaired) electrons. The number of ether oxygens (including phenoxy) is 1. The summed E-state index contributed by atoms with van der Waals surface area (Å²) in [4.78, 5) is 8.35. The van der Waals surface area contributed by atoms with Gasteiger partial charge in [-0.3, -0.25) is 0 Å². The van der Waals surface area contributed by atoms with Gasteiger partial charge in [-0.2, -0.15) is 5.26 Å². The van der Waals surface area contributed by atoms with Crippen molar-refractivity contribution >= 4 is 5.95 Å². The number of rotatable bonds is 5. The molecule has 0 saturated carbocycles. The van der Waals surface area contributed by atoms with Crippen molar-refractivity contribution in [3.63, 3.8) is 0 Å². The molecule has 0 atom stereocenters. The Bertz CT molecular complexity index is 617. The Balaban J connectivity index is 1.92. The molecular weight excluding hydrogens is 252 g/mol. The Morgan fingerprint density at radius 3 is 2.65 bits per heavy atom. The first-order valence-electron chi connectivity index (χ1n) is 6.34. The molecule has 0 saturated heterocycles. The zero-order valence-corrected chi connectivity index (χ0v) is 11.6. The van der Waals surface area contributed by atoms with Gasteiger partial charge in [0.1, 0.15) is 17.5 Å². The highest BCUT2D eigenvalue weighted by Crippen LogP contribution is 2.12. The van der Waals surface area contributed by atoms with Crippen molar-refractivity contribution < 1.29 is 4.74 Å². The number of hydrogen-bond acceptors (Lipinski definition) is 5. The minimum absolute atomic E-state index is 0.379. The standard InChI is InChI=1S/C15H16N4O/c1-11-9-13(10-16)19-15(18-11)17-8-7-12-3-5-14(20-2)6-4-12/h3-6,9H,7-8H2,1-2H3,(H,17,18,19). The van der Waals surface area contributed by atoms with Crippen LogP contribution in [0.2, 0.25) is 0 Å². The Hall–Kier alpha value is -2.61. The fraction of sp³-hybridized carbons (Fsp3) is 0.267. The normalized spacial score (nSPS) is 9.85. The lowest BCUT2D eigenvalue weighted by atomic mass is 10.1. The molecule has 0 aliphatic carbocycles. The van der Waals surface area contributed by atoms with E-state index in [0.717, 1.165) is 17.9 Å². The van der Waals surface area contributed by atoms with Crippen LogP contribution < -0.4 is 10.1 Å². The lowest BCUT2D eigenvalue weighted by molar-refractivity contribution is 0.414. The van der Waals surface area contributed by atoms with Crippen LogP contribution in [-0.4, -0.2) is 23.6 Å². The van der Waals surface area contributed by atoms with E-state index in [9.17, 15) is 0 Å². The van der Waals surface area contributed by atoms with Crippen molar-refractivity contribution in [2.45, 2.75) is 13.3 Å². The highest BCUT2D eigenvalue weighted by molar-refractivity contribution is 5.33. The number of aromatic nitrogens is 2. The maximum Gasteiger partial charge on any atom is 0.224 e. The molecule has 102 valence electrons. The Morgan fingerprint density at radius 1 is 1.25 bits per heavy atom. The minimum atomic E-state index is 0.379. The summed E-state index contributed by atoms with van der Waals surface area (Å²) in [5, 5.41) is 12.0. The molecule has 0 fully saturated rings. The molecule has 0 unspecified atom stereocenters. The quantitative estimate of drug-likeness (QED) is 0.901. The van der Waals surface area contributed by atoms with Crippen LogP contribution in [0.5, 0.6) is 5.75 Å². The van der Waals surface area contributed by atoms with Crippen molar-refractivity contribution in [2.75, 3.05) is 19.0 Å². The largest absolute Gasteiger partial charge is 0.497 e. The van der Waals surface area contributed by atoms with Crippen molar-refractivity contribution in [1.29, 1.82) is 5.26 Å². The SMILES string of the molecule is COc1ccc(CCNc2nc(C)cc(C#N)n2)cc1. The van der Waals surface area contributed by atoms with Gasteiger partial charge in [0.25, 0.3) is 0 Å². The van der Waals surface area contributed by atoms with E-state index < -0.39 is 0 Å². The molecule has 2 rings (SSSR count). The zero-order valence-electron chi connectivity index (χ0n) is 11.6. The number of nitriles is 1. The number of anilines is 1. The lowest BCUT2D eigenvalue weighted by Gasteiger charge is -2.06. The van der Waals surface area contributed by atoms with Gasteiger partial charge >= 0.3 is 0 Å². The summed E-state index contributed by atoms with van der Waals surface area (Å²) in [6.45, 7) is 2.55. The third-order valence-electron chi connectivity index (χ3n) is 2.82. The number of aryl methyl sites for hydroxylation is 1. The maximum absolute atomic E-state index is 8.86. The van der Waals surface area contributed by atoms with E-state index in [0.29, 0.717) is 18.2 Å². The van der Waals surface area contributed by atoms with E-state index in [1.807, 2.05) is 37.3 Å². The molecule has 0 aliphatic heterocycles. The molecule has 2 aromatic rings. The van der Waals surface area contributed by atoms with Gasteiger partial charge in [-0.05, 0) is 37.1 Å². The van der Waals surface area contributed by atoms with Crippen LogP contribution in [0.25, 0.3) is 0 Å². The summed E-state index contributed by atoms with van der Waals surface area (Å²) in [6.07, 6.45) is 0.850. The molecule has 5 heteroatoms. The third kappa shape index (κ3) is 3.69. The molecule has 1 heterocycles. The Morgan fingerprint density at radius 2 is 2.00 bits per heavy atom. The van der Waals surface area contributed by atoms with Gasteiger partial charge in [-0.25, -0.2) is 9.97 Å². The summed E-state index contributed by atoms with van der Waals surface area (Å²) >= 11 is 0. The van der Waals surface area contributed by atoms with E-state index in [1.54, 1.807) is 13.2 Å². The van der Waals surface area contributed by atoms with E-state index in [4.69, 9.17) is 10.00 Å². The topological polar surface area (TPSA) is 70.8 Å². The maximum atomic E-state index is 8.86. The molecule has 1 N–H and O–H groups in total. The molecular formula is C15H16N4O. The summed E-state index contributed by atoms with van der Waals surface area (Å²) in [5.41, 5.74) is 2.36. The van der Waals surface area contributed by atoms with E-state index in [1.165, 1.54) is 5.56 Å². The fourth-order valence-electron chi connectivity index (χ4n) is 1.82. The number of nitrogens with one attached hydrogen (secondary N) is 1. The van der Waals surface area contributed by atoms with Gasteiger partial charge in [0, 0.05) is 12.2 Å². The van der Waals surface area contributed by atoms with Gasteiger partial charge in [-0.1, -0.05) is 12.1 Å². The number of benzene rings is 1. The molecule has 0 aliphatic rings. The second-order valence-electron chi connectivity index (χ2n) is 4.35. The lowest BCUT2D eigenvalue weighted by Crippen LogP contribution is -2.09. The van der Waals surface area contributed by atoms with Gasteiger partial charge < -0.3 is 10.1 Å². The average molecular weight is 268 g/mol. The van der Waals surface area contributed by atoms with Crippen molar-refractivity contribution in [1.82, 2.24) is 9.97 Å². The van der Waals surface area contributed by atoms with Crippen LogP contribution >= 0.6 is 0 Å². The summed E-state index contributed by atoms with van der Waals surface area (Å²) in [6, 6.07) is 11.6. The summed E-state index contributed by atoms with van der Waals surface area (Å²) in [5.74, 6) is 1.34. The van der Waals surface area contributed by atoms with Crippen LogP contribution in [0.15, 0.2) is 30.3 Å². The Labute approximate surface area is 118 Å². The summed E-state index contributed by atoms with van der Waals surface area (Å²) < 4.78 is 5.12.